The van der Waals surface area contributed by atoms with Gasteiger partial charge in [-0.05, 0) is 24.7 Å². The first-order chi connectivity index (χ1) is 5.77. The van der Waals surface area contributed by atoms with Crippen LogP contribution < -0.4 is 0 Å². The minimum absolute atomic E-state index is 0.0318. The van der Waals surface area contributed by atoms with Crippen molar-refractivity contribution in [2.24, 2.45) is 11.8 Å². The Morgan fingerprint density at radius 3 is 2.25 bits per heavy atom. The predicted molar refractivity (Wildman–Crippen MR) is 50.3 cm³/mol. The van der Waals surface area contributed by atoms with E-state index < -0.39 is 0 Å². The highest BCUT2D eigenvalue weighted by molar-refractivity contribution is 6.21. The second-order valence-corrected chi connectivity index (χ2v) is 4.92. The SMILES string of the molecule is O[C@@H]1C[C@@H]2CCCC[C@@H]2C[C@H]1Cl. The Bertz CT molecular complexity index is 142. The van der Waals surface area contributed by atoms with Crippen LogP contribution >= 0.6 is 11.6 Å². The largest absolute Gasteiger partial charge is 0.392 e. The molecule has 0 aromatic rings. The zero-order chi connectivity index (χ0) is 8.55. The lowest BCUT2D eigenvalue weighted by Gasteiger charge is -2.39. The van der Waals surface area contributed by atoms with E-state index in [1.807, 2.05) is 0 Å². The van der Waals surface area contributed by atoms with E-state index in [4.69, 9.17) is 11.6 Å². The predicted octanol–water partition coefficient (Wildman–Crippen LogP) is 2.55. The minimum atomic E-state index is -0.231. The summed E-state index contributed by atoms with van der Waals surface area (Å²) in [6, 6.07) is 0. The highest BCUT2D eigenvalue weighted by Gasteiger charge is 2.36. The standard InChI is InChI=1S/C10H17ClO/c11-9-5-7-3-1-2-4-8(7)6-10(9)12/h7-10,12H,1-6H2/t7-,8+,9-,10-/m1/s1. The first-order valence-electron chi connectivity index (χ1n) is 5.09. The van der Waals surface area contributed by atoms with Crippen LogP contribution in [0.1, 0.15) is 38.5 Å². The van der Waals surface area contributed by atoms with Crippen molar-refractivity contribution in [3.8, 4) is 0 Å². The molecule has 0 saturated heterocycles. The Balaban J connectivity index is 1.98. The van der Waals surface area contributed by atoms with Gasteiger partial charge in [-0.2, -0.15) is 0 Å². The fourth-order valence-electron chi connectivity index (χ4n) is 2.81. The summed E-state index contributed by atoms with van der Waals surface area (Å²) in [4.78, 5) is 0. The third-order valence-corrected chi connectivity index (χ3v) is 4.03. The molecule has 0 amide bonds. The number of hydrogen-bond acceptors (Lipinski definition) is 1. The summed E-state index contributed by atoms with van der Waals surface area (Å²) in [6.45, 7) is 0. The van der Waals surface area contributed by atoms with Crippen LogP contribution in [0.5, 0.6) is 0 Å². The van der Waals surface area contributed by atoms with Gasteiger partial charge in [-0.1, -0.05) is 25.7 Å². The molecule has 2 heteroatoms. The van der Waals surface area contributed by atoms with Crippen molar-refractivity contribution in [3.63, 3.8) is 0 Å². The maximum absolute atomic E-state index is 9.58. The minimum Gasteiger partial charge on any atom is -0.392 e. The molecule has 0 bridgehead atoms. The fourth-order valence-corrected chi connectivity index (χ4v) is 3.14. The van der Waals surface area contributed by atoms with Crippen molar-refractivity contribution < 1.29 is 5.11 Å². The van der Waals surface area contributed by atoms with Gasteiger partial charge in [0.25, 0.3) is 0 Å². The monoisotopic (exact) mass is 188 g/mol. The molecule has 12 heavy (non-hydrogen) atoms. The van der Waals surface area contributed by atoms with Gasteiger partial charge in [0.15, 0.2) is 0 Å². The van der Waals surface area contributed by atoms with Crippen molar-refractivity contribution >= 4 is 11.6 Å². The van der Waals surface area contributed by atoms with E-state index in [9.17, 15) is 5.11 Å². The van der Waals surface area contributed by atoms with E-state index in [0.717, 1.165) is 24.7 Å². The maximum atomic E-state index is 9.58. The van der Waals surface area contributed by atoms with Gasteiger partial charge in [0.05, 0.1) is 11.5 Å². The molecule has 0 unspecified atom stereocenters. The summed E-state index contributed by atoms with van der Waals surface area (Å²) in [5.41, 5.74) is 0. The molecule has 4 atom stereocenters. The molecule has 1 nitrogen and oxygen atoms in total. The molecule has 0 spiro atoms. The van der Waals surface area contributed by atoms with E-state index in [1.54, 1.807) is 0 Å². The third-order valence-electron chi connectivity index (χ3n) is 3.56. The van der Waals surface area contributed by atoms with Gasteiger partial charge < -0.3 is 5.11 Å². The first kappa shape index (κ1) is 8.83. The Kier molecular flexibility index (Phi) is 2.61. The quantitative estimate of drug-likeness (QED) is 0.580. The molecule has 2 fully saturated rings. The molecule has 2 saturated carbocycles. The van der Waals surface area contributed by atoms with Crippen molar-refractivity contribution in [3.05, 3.63) is 0 Å². The van der Waals surface area contributed by atoms with Gasteiger partial charge >= 0.3 is 0 Å². The molecule has 2 aliphatic rings. The van der Waals surface area contributed by atoms with Gasteiger partial charge in [0.1, 0.15) is 0 Å². The molecule has 0 aromatic heterocycles. The number of hydrogen-bond donors (Lipinski definition) is 1. The van der Waals surface area contributed by atoms with E-state index >= 15 is 0 Å². The van der Waals surface area contributed by atoms with Crippen molar-refractivity contribution in [2.45, 2.75) is 50.0 Å². The molecule has 0 aromatic carbocycles. The number of alkyl halides is 1. The number of aliphatic hydroxyl groups is 1. The summed E-state index contributed by atoms with van der Waals surface area (Å²) < 4.78 is 0. The number of fused-ring (bicyclic) bond motifs is 1. The number of aliphatic hydroxyl groups excluding tert-OH is 1. The highest BCUT2D eigenvalue weighted by Crippen LogP contribution is 2.41. The maximum Gasteiger partial charge on any atom is 0.0706 e. The zero-order valence-electron chi connectivity index (χ0n) is 7.38. The van der Waals surface area contributed by atoms with Crippen molar-refractivity contribution in [2.75, 3.05) is 0 Å². The lowest BCUT2D eigenvalue weighted by molar-refractivity contribution is 0.0529. The highest BCUT2D eigenvalue weighted by atomic mass is 35.5. The van der Waals surface area contributed by atoms with Gasteiger partial charge in [-0.25, -0.2) is 0 Å². The van der Waals surface area contributed by atoms with E-state index in [2.05, 4.69) is 0 Å². The summed E-state index contributed by atoms with van der Waals surface area (Å²) in [5, 5.41) is 9.62. The molecular weight excluding hydrogens is 172 g/mol. The molecule has 1 N–H and O–H groups in total. The summed E-state index contributed by atoms with van der Waals surface area (Å²) in [6.07, 6.45) is 7.19. The van der Waals surface area contributed by atoms with E-state index in [1.165, 1.54) is 25.7 Å². The number of halogens is 1. The molecule has 2 aliphatic carbocycles. The number of rotatable bonds is 0. The van der Waals surface area contributed by atoms with Crippen LogP contribution in [0.3, 0.4) is 0 Å². The molecule has 0 heterocycles. The second kappa shape index (κ2) is 3.55. The van der Waals surface area contributed by atoms with E-state index in [0.29, 0.717) is 0 Å². The van der Waals surface area contributed by atoms with Crippen LogP contribution in [0.15, 0.2) is 0 Å². The van der Waals surface area contributed by atoms with Crippen LogP contribution in [0.4, 0.5) is 0 Å². The van der Waals surface area contributed by atoms with Crippen LogP contribution in [0.25, 0.3) is 0 Å². The Morgan fingerprint density at radius 1 is 1.00 bits per heavy atom. The van der Waals surface area contributed by atoms with Crippen molar-refractivity contribution in [1.29, 1.82) is 0 Å². The van der Waals surface area contributed by atoms with Gasteiger partial charge in [0, 0.05) is 0 Å². The summed E-state index contributed by atoms with van der Waals surface area (Å²) in [5.74, 6) is 1.60. The van der Waals surface area contributed by atoms with Crippen LogP contribution in [0, 0.1) is 11.8 Å². The van der Waals surface area contributed by atoms with Crippen LogP contribution in [-0.2, 0) is 0 Å². The van der Waals surface area contributed by atoms with Gasteiger partial charge in [-0.15, -0.1) is 11.6 Å². The topological polar surface area (TPSA) is 20.2 Å². The van der Waals surface area contributed by atoms with Crippen LogP contribution in [-0.4, -0.2) is 16.6 Å². The van der Waals surface area contributed by atoms with Gasteiger partial charge in [0.2, 0.25) is 0 Å². The normalized spacial score (nSPS) is 48.5. The third kappa shape index (κ3) is 1.62. The van der Waals surface area contributed by atoms with Crippen LogP contribution in [0.2, 0.25) is 0 Å². The molecule has 2 rings (SSSR count). The molecule has 0 aliphatic heterocycles. The van der Waals surface area contributed by atoms with E-state index in [-0.39, 0.29) is 11.5 Å². The van der Waals surface area contributed by atoms with Gasteiger partial charge in [-0.3, -0.25) is 0 Å². The fraction of sp³-hybridized carbons (Fsp3) is 1.00. The Morgan fingerprint density at radius 2 is 1.58 bits per heavy atom. The second-order valence-electron chi connectivity index (χ2n) is 4.36. The average Bonchev–Trinajstić information content (AvgIpc) is 2.07. The summed E-state index contributed by atoms with van der Waals surface area (Å²) in [7, 11) is 0. The zero-order valence-corrected chi connectivity index (χ0v) is 8.13. The van der Waals surface area contributed by atoms with Crippen molar-refractivity contribution in [1.82, 2.24) is 0 Å². The Hall–Kier alpha value is 0.250. The summed E-state index contributed by atoms with van der Waals surface area (Å²) >= 11 is 6.04. The Labute approximate surface area is 79.1 Å². The lowest BCUT2D eigenvalue weighted by atomic mass is 9.70. The average molecular weight is 189 g/mol. The molecule has 70 valence electrons. The smallest absolute Gasteiger partial charge is 0.0706 e. The first-order valence-corrected chi connectivity index (χ1v) is 5.53. The molecular formula is C10H17ClO. The molecule has 0 radical (unpaired) electrons. The lowest BCUT2D eigenvalue weighted by Crippen LogP contribution is -2.37.